The van der Waals surface area contributed by atoms with Crippen LogP contribution in [0.2, 0.25) is 0 Å². The molecule has 0 unspecified atom stereocenters. The zero-order valence-electron chi connectivity index (χ0n) is 10.2. The summed E-state index contributed by atoms with van der Waals surface area (Å²) < 4.78 is 6.52. The SMILES string of the molecule is CCOCc1ccc(CNC(C)C)cc1Br. The quantitative estimate of drug-likeness (QED) is 0.864. The Labute approximate surface area is 107 Å². The van der Waals surface area contributed by atoms with Crippen LogP contribution in [-0.2, 0) is 17.9 Å². The van der Waals surface area contributed by atoms with Gasteiger partial charge >= 0.3 is 0 Å². The van der Waals surface area contributed by atoms with Crippen molar-refractivity contribution in [3.63, 3.8) is 0 Å². The second-order valence-corrected chi connectivity index (χ2v) is 4.95. The molecule has 0 fully saturated rings. The third-order valence-corrected chi connectivity index (χ3v) is 3.03. The van der Waals surface area contributed by atoms with E-state index in [4.69, 9.17) is 4.74 Å². The molecule has 0 radical (unpaired) electrons. The topological polar surface area (TPSA) is 21.3 Å². The van der Waals surface area contributed by atoms with E-state index >= 15 is 0 Å². The molecule has 1 aromatic rings. The number of benzene rings is 1. The van der Waals surface area contributed by atoms with Gasteiger partial charge in [0.1, 0.15) is 0 Å². The summed E-state index contributed by atoms with van der Waals surface area (Å²) in [6.45, 7) is 8.65. The molecular formula is C13H20BrNO. The van der Waals surface area contributed by atoms with Crippen molar-refractivity contribution in [1.29, 1.82) is 0 Å². The first kappa shape index (κ1) is 13.7. The molecular weight excluding hydrogens is 266 g/mol. The van der Waals surface area contributed by atoms with Crippen molar-refractivity contribution >= 4 is 15.9 Å². The Bertz CT molecular complexity index is 326. The fourth-order valence-corrected chi connectivity index (χ4v) is 1.89. The monoisotopic (exact) mass is 285 g/mol. The highest BCUT2D eigenvalue weighted by atomic mass is 79.9. The molecule has 0 aliphatic carbocycles. The maximum absolute atomic E-state index is 5.39. The van der Waals surface area contributed by atoms with Gasteiger partial charge in [-0.1, -0.05) is 41.9 Å². The van der Waals surface area contributed by atoms with Gasteiger partial charge in [-0.25, -0.2) is 0 Å². The summed E-state index contributed by atoms with van der Waals surface area (Å²) >= 11 is 3.58. The van der Waals surface area contributed by atoms with Crippen molar-refractivity contribution < 1.29 is 4.74 Å². The van der Waals surface area contributed by atoms with Gasteiger partial charge in [0, 0.05) is 23.7 Å². The van der Waals surface area contributed by atoms with Crippen molar-refractivity contribution in [2.45, 2.75) is 40.0 Å². The number of hydrogen-bond donors (Lipinski definition) is 1. The van der Waals surface area contributed by atoms with E-state index in [2.05, 4.69) is 53.3 Å². The van der Waals surface area contributed by atoms with E-state index in [9.17, 15) is 0 Å². The van der Waals surface area contributed by atoms with E-state index in [0.717, 1.165) is 17.6 Å². The molecule has 0 aromatic heterocycles. The first-order valence-corrected chi connectivity index (χ1v) is 6.51. The Kier molecular flexibility index (Phi) is 6.03. The van der Waals surface area contributed by atoms with Crippen LogP contribution in [0.15, 0.2) is 22.7 Å². The summed E-state index contributed by atoms with van der Waals surface area (Å²) in [6, 6.07) is 6.94. The molecule has 0 atom stereocenters. The van der Waals surface area contributed by atoms with Crippen LogP contribution in [0.3, 0.4) is 0 Å². The molecule has 0 spiro atoms. The fraction of sp³-hybridized carbons (Fsp3) is 0.538. The lowest BCUT2D eigenvalue weighted by Crippen LogP contribution is -2.21. The Balaban J connectivity index is 2.59. The van der Waals surface area contributed by atoms with Gasteiger partial charge < -0.3 is 10.1 Å². The first-order valence-electron chi connectivity index (χ1n) is 5.72. The van der Waals surface area contributed by atoms with E-state index in [1.807, 2.05) is 6.92 Å². The minimum Gasteiger partial charge on any atom is -0.377 e. The standard InChI is InChI=1S/C13H20BrNO/c1-4-16-9-12-6-5-11(7-13(12)14)8-15-10(2)3/h5-7,10,15H,4,8-9H2,1-3H3. The average molecular weight is 286 g/mol. The van der Waals surface area contributed by atoms with Crippen molar-refractivity contribution in [3.8, 4) is 0 Å². The van der Waals surface area contributed by atoms with Gasteiger partial charge in [0.2, 0.25) is 0 Å². The van der Waals surface area contributed by atoms with Crippen LogP contribution in [0.5, 0.6) is 0 Å². The molecule has 1 aromatic carbocycles. The lowest BCUT2D eigenvalue weighted by molar-refractivity contribution is 0.133. The van der Waals surface area contributed by atoms with Crippen LogP contribution >= 0.6 is 15.9 Å². The number of ether oxygens (including phenoxy) is 1. The summed E-state index contributed by atoms with van der Waals surface area (Å²) in [4.78, 5) is 0. The molecule has 1 N–H and O–H groups in total. The van der Waals surface area contributed by atoms with Gasteiger partial charge in [0.15, 0.2) is 0 Å². The van der Waals surface area contributed by atoms with Crippen LogP contribution in [0, 0.1) is 0 Å². The number of hydrogen-bond acceptors (Lipinski definition) is 2. The number of halogens is 1. The number of rotatable bonds is 6. The third-order valence-electron chi connectivity index (χ3n) is 2.29. The molecule has 0 saturated heterocycles. The Morgan fingerprint density at radius 3 is 2.69 bits per heavy atom. The zero-order chi connectivity index (χ0) is 12.0. The zero-order valence-corrected chi connectivity index (χ0v) is 11.8. The predicted molar refractivity (Wildman–Crippen MR) is 71.4 cm³/mol. The fourth-order valence-electron chi connectivity index (χ4n) is 1.35. The molecule has 16 heavy (non-hydrogen) atoms. The third kappa shape index (κ3) is 4.64. The maximum Gasteiger partial charge on any atom is 0.0727 e. The highest BCUT2D eigenvalue weighted by molar-refractivity contribution is 9.10. The van der Waals surface area contributed by atoms with E-state index in [-0.39, 0.29) is 0 Å². The van der Waals surface area contributed by atoms with Crippen LogP contribution in [-0.4, -0.2) is 12.6 Å². The summed E-state index contributed by atoms with van der Waals surface area (Å²) in [7, 11) is 0. The Hall–Kier alpha value is -0.380. The molecule has 90 valence electrons. The van der Waals surface area contributed by atoms with Gasteiger partial charge in [-0.2, -0.15) is 0 Å². The highest BCUT2D eigenvalue weighted by Crippen LogP contribution is 2.19. The van der Waals surface area contributed by atoms with Gasteiger partial charge in [-0.15, -0.1) is 0 Å². The normalized spacial score (nSPS) is 11.1. The lowest BCUT2D eigenvalue weighted by Gasteiger charge is -2.10. The van der Waals surface area contributed by atoms with Crippen LogP contribution in [0.4, 0.5) is 0 Å². The summed E-state index contributed by atoms with van der Waals surface area (Å²) in [5, 5.41) is 3.40. The molecule has 0 amide bonds. The minimum atomic E-state index is 0.516. The Morgan fingerprint density at radius 1 is 1.38 bits per heavy atom. The van der Waals surface area contributed by atoms with Crippen LogP contribution < -0.4 is 5.32 Å². The van der Waals surface area contributed by atoms with Crippen molar-refractivity contribution in [1.82, 2.24) is 5.32 Å². The van der Waals surface area contributed by atoms with E-state index in [1.54, 1.807) is 0 Å². The molecule has 0 aliphatic rings. The molecule has 0 heterocycles. The molecule has 0 saturated carbocycles. The largest absolute Gasteiger partial charge is 0.377 e. The Morgan fingerprint density at radius 2 is 2.12 bits per heavy atom. The lowest BCUT2D eigenvalue weighted by atomic mass is 10.1. The molecule has 2 nitrogen and oxygen atoms in total. The number of nitrogens with one attached hydrogen (secondary N) is 1. The molecule has 1 rings (SSSR count). The molecule has 0 bridgehead atoms. The summed E-state index contributed by atoms with van der Waals surface area (Å²) in [6.07, 6.45) is 0. The average Bonchev–Trinajstić information content (AvgIpc) is 2.25. The van der Waals surface area contributed by atoms with E-state index in [1.165, 1.54) is 11.1 Å². The van der Waals surface area contributed by atoms with Crippen molar-refractivity contribution in [3.05, 3.63) is 33.8 Å². The van der Waals surface area contributed by atoms with Gasteiger partial charge in [0.25, 0.3) is 0 Å². The smallest absolute Gasteiger partial charge is 0.0727 e. The van der Waals surface area contributed by atoms with Gasteiger partial charge in [-0.05, 0) is 24.1 Å². The predicted octanol–water partition coefficient (Wildman–Crippen LogP) is 3.48. The molecule has 0 aliphatic heterocycles. The summed E-state index contributed by atoms with van der Waals surface area (Å²) in [5.41, 5.74) is 2.50. The second kappa shape index (κ2) is 7.05. The maximum atomic E-state index is 5.39. The van der Waals surface area contributed by atoms with Gasteiger partial charge in [-0.3, -0.25) is 0 Å². The van der Waals surface area contributed by atoms with Crippen LogP contribution in [0.25, 0.3) is 0 Å². The second-order valence-electron chi connectivity index (χ2n) is 4.10. The van der Waals surface area contributed by atoms with Gasteiger partial charge in [0.05, 0.1) is 6.61 Å². The van der Waals surface area contributed by atoms with E-state index < -0.39 is 0 Å². The highest BCUT2D eigenvalue weighted by Gasteiger charge is 2.02. The van der Waals surface area contributed by atoms with E-state index in [0.29, 0.717) is 12.6 Å². The minimum absolute atomic E-state index is 0.516. The van der Waals surface area contributed by atoms with Crippen LogP contribution in [0.1, 0.15) is 31.9 Å². The van der Waals surface area contributed by atoms with Crippen molar-refractivity contribution in [2.24, 2.45) is 0 Å². The molecule has 3 heteroatoms. The summed E-state index contributed by atoms with van der Waals surface area (Å²) in [5.74, 6) is 0. The first-order chi connectivity index (χ1) is 7.63. The van der Waals surface area contributed by atoms with Crippen molar-refractivity contribution in [2.75, 3.05) is 6.61 Å².